The van der Waals surface area contributed by atoms with Gasteiger partial charge in [0.15, 0.2) is 11.5 Å². The molecule has 0 aliphatic carbocycles. The molecule has 6 nitrogen and oxygen atoms in total. The lowest BCUT2D eigenvalue weighted by Crippen LogP contribution is -2.45. The van der Waals surface area contributed by atoms with Crippen LogP contribution in [-0.2, 0) is 11.8 Å². The number of rotatable bonds is 4. The summed E-state index contributed by atoms with van der Waals surface area (Å²) in [5.74, 6) is 1.10. The summed E-state index contributed by atoms with van der Waals surface area (Å²) in [6.07, 6.45) is 2.64. The number of halogens is 1. The lowest BCUT2D eigenvalue weighted by Gasteiger charge is -2.27. The van der Waals surface area contributed by atoms with Crippen LogP contribution in [0.2, 0.25) is 0 Å². The fraction of sp³-hybridized carbons (Fsp3) is 0.200. The molecular formula is C20H18FN3O3. The molecule has 0 saturated heterocycles. The van der Waals surface area contributed by atoms with E-state index in [9.17, 15) is 9.18 Å². The molecule has 0 spiro atoms. The molecule has 0 bridgehead atoms. The molecule has 1 aromatic heterocycles. The Balaban J connectivity index is 1.58. The van der Waals surface area contributed by atoms with Crippen LogP contribution >= 0.6 is 0 Å². The SMILES string of the molecule is Cn1ccnc1[C@H](NC(=O)[C@H]1COc2ccccc2O1)c1ccc(F)cc1. The average molecular weight is 367 g/mol. The molecule has 1 N–H and O–H groups in total. The lowest BCUT2D eigenvalue weighted by molar-refractivity contribution is -0.130. The molecule has 138 valence electrons. The van der Waals surface area contributed by atoms with Crippen molar-refractivity contribution in [3.05, 3.63) is 78.1 Å². The average Bonchev–Trinajstić information content (AvgIpc) is 3.12. The van der Waals surface area contributed by atoms with E-state index in [2.05, 4.69) is 10.3 Å². The van der Waals surface area contributed by atoms with Crippen molar-refractivity contribution in [2.75, 3.05) is 6.61 Å². The van der Waals surface area contributed by atoms with Gasteiger partial charge in [0.05, 0.1) is 0 Å². The van der Waals surface area contributed by atoms with Crippen LogP contribution in [0.5, 0.6) is 11.5 Å². The van der Waals surface area contributed by atoms with E-state index in [1.807, 2.05) is 23.7 Å². The molecular weight excluding hydrogens is 349 g/mol. The summed E-state index contributed by atoms with van der Waals surface area (Å²) in [5, 5.41) is 2.95. The molecule has 7 heteroatoms. The van der Waals surface area contributed by atoms with Crippen LogP contribution < -0.4 is 14.8 Å². The number of carbonyl (C=O) groups excluding carboxylic acids is 1. The van der Waals surface area contributed by atoms with E-state index in [0.717, 1.165) is 5.56 Å². The molecule has 3 aromatic rings. The van der Waals surface area contributed by atoms with Crippen molar-refractivity contribution in [3.8, 4) is 11.5 Å². The third-order valence-electron chi connectivity index (χ3n) is 4.41. The highest BCUT2D eigenvalue weighted by molar-refractivity contribution is 5.82. The van der Waals surface area contributed by atoms with E-state index < -0.39 is 12.1 Å². The minimum Gasteiger partial charge on any atom is -0.485 e. The summed E-state index contributed by atoms with van der Waals surface area (Å²) in [7, 11) is 1.83. The van der Waals surface area contributed by atoms with Gasteiger partial charge in [-0.1, -0.05) is 24.3 Å². The highest BCUT2D eigenvalue weighted by Gasteiger charge is 2.30. The van der Waals surface area contributed by atoms with Crippen LogP contribution in [0.1, 0.15) is 17.4 Å². The topological polar surface area (TPSA) is 65.4 Å². The molecule has 2 heterocycles. The largest absolute Gasteiger partial charge is 0.485 e. The lowest BCUT2D eigenvalue weighted by atomic mass is 10.1. The van der Waals surface area contributed by atoms with Gasteiger partial charge in [-0.15, -0.1) is 0 Å². The van der Waals surface area contributed by atoms with Crippen LogP contribution in [0.3, 0.4) is 0 Å². The molecule has 1 aliphatic rings. The molecule has 4 rings (SSSR count). The van der Waals surface area contributed by atoms with Gasteiger partial charge in [-0.25, -0.2) is 9.37 Å². The van der Waals surface area contributed by atoms with Crippen LogP contribution in [0.4, 0.5) is 4.39 Å². The van der Waals surface area contributed by atoms with Gasteiger partial charge in [-0.3, -0.25) is 4.79 Å². The fourth-order valence-corrected chi connectivity index (χ4v) is 2.99. The number of imidazole rings is 1. The molecule has 0 radical (unpaired) electrons. The first kappa shape index (κ1) is 17.1. The molecule has 1 aliphatic heterocycles. The van der Waals surface area contributed by atoms with Crippen molar-refractivity contribution < 1.29 is 18.7 Å². The number of ether oxygens (including phenoxy) is 2. The van der Waals surface area contributed by atoms with Crippen molar-refractivity contribution >= 4 is 5.91 Å². The Morgan fingerprint density at radius 3 is 2.67 bits per heavy atom. The summed E-state index contributed by atoms with van der Waals surface area (Å²) in [6.45, 7) is 0.111. The number of para-hydroxylation sites is 2. The van der Waals surface area contributed by atoms with Gasteiger partial charge < -0.3 is 19.4 Å². The second kappa shape index (κ2) is 7.11. The van der Waals surface area contributed by atoms with Gasteiger partial charge >= 0.3 is 0 Å². The summed E-state index contributed by atoms with van der Waals surface area (Å²) in [4.78, 5) is 17.2. The fourth-order valence-electron chi connectivity index (χ4n) is 2.99. The Bertz CT molecular complexity index is 955. The first-order chi connectivity index (χ1) is 13.1. The van der Waals surface area contributed by atoms with Gasteiger partial charge in [-0.2, -0.15) is 0 Å². The number of amides is 1. The quantitative estimate of drug-likeness (QED) is 0.770. The molecule has 2 aromatic carbocycles. The number of aryl methyl sites for hydroxylation is 1. The zero-order valence-electron chi connectivity index (χ0n) is 14.6. The molecule has 2 atom stereocenters. The minimum atomic E-state index is -0.789. The summed E-state index contributed by atoms with van der Waals surface area (Å²) < 4.78 is 26.5. The third-order valence-corrected chi connectivity index (χ3v) is 4.41. The summed E-state index contributed by atoms with van der Waals surface area (Å²) in [5.41, 5.74) is 0.719. The Labute approximate surface area is 155 Å². The monoisotopic (exact) mass is 367 g/mol. The number of aromatic nitrogens is 2. The Kier molecular flexibility index (Phi) is 4.50. The first-order valence-corrected chi connectivity index (χ1v) is 8.53. The standard InChI is InChI=1S/C20H18FN3O3/c1-24-11-10-22-19(24)18(13-6-8-14(21)9-7-13)23-20(25)17-12-26-15-4-2-3-5-16(15)27-17/h2-11,17-18H,12H2,1H3,(H,23,25)/t17-,18-/m1/s1. The molecule has 0 fully saturated rings. The zero-order valence-corrected chi connectivity index (χ0v) is 14.6. The second-order valence-electron chi connectivity index (χ2n) is 6.25. The Morgan fingerprint density at radius 1 is 1.22 bits per heavy atom. The zero-order chi connectivity index (χ0) is 18.8. The Morgan fingerprint density at radius 2 is 1.96 bits per heavy atom. The van der Waals surface area contributed by atoms with Crippen LogP contribution in [0.25, 0.3) is 0 Å². The van der Waals surface area contributed by atoms with Crippen molar-refractivity contribution in [1.82, 2.24) is 14.9 Å². The first-order valence-electron chi connectivity index (χ1n) is 8.53. The predicted molar refractivity (Wildman–Crippen MR) is 95.9 cm³/mol. The van der Waals surface area contributed by atoms with E-state index >= 15 is 0 Å². The predicted octanol–water partition coefficient (Wildman–Crippen LogP) is 2.60. The normalized spacial score (nSPS) is 16.6. The highest BCUT2D eigenvalue weighted by Crippen LogP contribution is 2.31. The van der Waals surface area contributed by atoms with Crippen molar-refractivity contribution in [1.29, 1.82) is 0 Å². The van der Waals surface area contributed by atoms with Gasteiger partial charge in [0.25, 0.3) is 5.91 Å². The Hall–Kier alpha value is -3.35. The van der Waals surface area contributed by atoms with Crippen LogP contribution in [-0.4, -0.2) is 28.2 Å². The number of nitrogens with one attached hydrogen (secondary N) is 1. The van der Waals surface area contributed by atoms with Crippen LogP contribution in [0, 0.1) is 5.82 Å². The molecule has 1 amide bonds. The number of fused-ring (bicyclic) bond motifs is 1. The number of nitrogens with zero attached hydrogens (tertiary/aromatic N) is 2. The smallest absolute Gasteiger partial charge is 0.265 e. The maximum Gasteiger partial charge on any atom is 0.265 e. The molecule has 0 saturated carbocycles. The van der Waals surface area contributed by atoms with Crippen molar-refractivity contribution in [3.63, 3.8) is 0 Å². The van der Waals surface area contributed by atoms with Gasteiger partial charge in [0.2, 0.25) is 6.10 Å². The van der Waals surface area contributed by atoms with Gasteiger partial charge in [-0.05, 0) is 29.8 Å². The number of carbonyl (C=O) groups is 1. The van der Waals surface area contributed by atoms with Crippen molar-refractivity contribution in [2.24, 2.45) is 7.05 Å². The maximum absolute atomic E-state index is 13.3. The van der Waals surface area contributed by atoms with E-state index in [-0.39, 0.29) is 18.3 Å². The van der Waals surface area contributed by atoms with Gasteiger partial charge in [0, 0.05) is 19.4 Å². The van der Waals surface area contributed by atoms with E-state index in [0.29, 0.717) is 17.3 Å². The van der Waals surface area contributed by atoms with E-state index in [4.69, 9.17) is 9.47 Å². The number of benzene rings is 2. The number of hydrogen-bond donors (Lipinski definition) is 1. The van der Waals surface area contributed by atoms with Crippen molar-refractivity contribution in [2.45, 2.75) is 12.1 Å². The van der Waals surface area contributed by atoms with Crippen LogP contribution in [0.15, 0.2) is 60.9 Å². The van der Waals surface area contributed by atoms with E-state index in [1.165, 1.54) is 12.1 Å². The second-order valence-corrected chi connectivity index (χ2v) is 6.25. The summed E-state index contributed by atoms with van der Waals surface area (Å²) in [6, 6.07) is 12.6. The highest BCUT2D eigenvalue weighted by atomic mass is 19.1. The summed E-state index contributed by atoms with van der Waals surface area (Å²) >= 11 is 0. The maximum atomic E-state index is 13.3. The molecule has 27 heavy (non-hydrogen) atoms. The minimum absolute atomic E-state index is 0.111. The molecule has 0 unspecified atom stereocenters. The third kappa shape index (κ3) is 3.48. The van der Waals surface area contributed by atoms with Gasteiger partial charge in [0.1, 0.15) is 24.3 Å². The number of hydrogen-bond acceptors (Lipinski definition) is 4. The van der Waals surface area contributed by atoms with E-state index in [1.54, 1.807) is 36.7 Å².